The lowest BCUT2D eigenvalue weighted by Gasteiger charge is -2.49. The SMILES string of the molecule is Cc1cc(Sc2ccc(C(=O)NC3C4CCN(CC4)C3C)cc2)ccn1. The van der Waals surface area contributed by atoms with E-state index in [0.29, 0.717) is 12.0 Å². The number of nitrogens with one attached hydrogen (secondary N) is 1. The molecule has 26 heavy (non-hydrogen) atoms. The van der Waals surface area contributed by atoms with Gasteiger partial charge in [-0.3, -0.25) is 14.7 Å². The second-order valence-electron chi connectivity index (χ2n) is 7.37. The lowest BCUT2D eigenvalue weighted by molar-refractivity contribution is 0.0217. The van der Waals surface area contributed by atoms with E-state index in [1.807, 2.05) is 43.5 Å². The molecule has 0 saturated carbocycles. The van der Waals surface area contributed by atoms with Gasteiger partial charge in [0.05, 0.1) is 0 Å². The van der Waals surface area contributed by atoms with Gasteiger partial charge in [0.1, 0.15) is 0 Å². The molecule has 5 rings (SSSR count). The first-order valence-electron chi connectivity index (χ1n) is 9.35. The molecule has 0 aliphatic carbocycles. The molecule has 0 spiro atoms. The standard InChI is InChI=1S/C21H25N3OS/c1-14-13-19(7-10-22-14)26-18-5-3-17(4-6-18)21(25)23-20-15(2)24-11-8-16(20)9-12-24/h3-7,10,13,15-16,20H,8-9,11-12H2,1-2H3,(H,23,25). The topological polar surface area (TPSA) is 45.2 Å². The number of carbonyl (C=O) groups is 1. The smallest absolute Gasteiger partial charge is 0.251 e. The number of benzene rings is 1. The van der Waals surface area contributed by atoms with Crippen LogP contribution in [0.1, 0.15) is 35.8 Å². The molecule has 1 N–H and O–H groups in total. The van der Waals surface area contributed by atoms with Crippen molar-refractivity contribution in [1.29, 1.82) is 0 Å². The van der Waals surface area contributed by atoms with Crippen LogP contribution in [0.4, 0.5) is 0 Å². The second kappa shape index (κ2) is 7.41. The number of hydrogen-bond acceptors (Lipinski definition) is 4. The summed E-state index contributed by atoms with van der Waals surface area (Å²) in [5.74, 6) is 0.676. The predicted molar refractivity (Wildman–Crippen MR) is 105 cm³/mol. The maximum atomic E-state index is 12.7. The second-order valence-corrected chi connectivity index (χ2v) is 8.52. The molecule has 5 heteroatoms. The summed E-state index contributed by atoms with van der Waals surface area (Å²) < 4.78 is 0. The summed E-state index contributed by atoms with van der Waals surface area (Å²) in [5.41, 5.74) is 1.75. The first-order valence-corrected chi connectivity index (χ1v) is 10.2. The molecule has 3 fully saturated rings. The Morgan fingerprint density at radius 1 is 1.15 bits per heavy atom. The van der Waals surface area contributed by atoms with E-state index in [2.05, 4.69) is 28.2 Å². The van der Waals surface area contributed by atoms with Gasteiger partial charge in [0.15, 0.2) is 0 Å². The molecule has 3 aliphatic rings. The van der Waals surface area contributed by atoms with Gasteiger partial charge in [-0.2, -0.15) is 0 Å². The van der Waals surface area contributed by atoms with Crippen LogP contribution in [0.15, 0.2) is 52.4 Å². The van der Waals surface area contributed by atoms with Crippen molar-refractivity contribution < 1.29 is 4.79 Å². The lowest BCUT2D eigenvalue weighted by Crippen LogP contribution is -2.62. The predicted octanol–water partition coefficient (Wildman–Crippen LogP) is 3.75. The molecule has 2 aromatic rings. The molecule has 1 aromatic carbocycles. The minimum atomic E-state index is 0.0481. The number of carbonyl (C=O) groups excluding carboxylic acids is 1. The van der Waals surface area contributed by atoms with Crippen molar-refractivity contribution in [2.45, 2.75) is 48.6 Å². The summed E-state index contributed by atoms with van der Waals surface area (Å²) >= 11 is 1.69. The van der Waals surface area contributed by atoms with Gasteiger partial charge >= 0.3 is 0 Å². The summed E-state index contributed by atoms with van der Waals surface area (Å²) in [7, 11) is 0. The molecule has 2 unspecified atom stereocenters. The van der Waals surface area contributed by atoms with E-state index in [9.17, 15) is 4.79 Å². The monoisotopic (exact) mass is 367 g/mol. The van der Waals surface area contributed by atoms with Crippen molar-refractivity contribution in [2.75, 3.05) is 13.1 Å². The van der Waals surface area contributed by atoms with Gasteiger partial charge in [0.2, 0.25) is 0 Å². The molecule has 2 bridgehead atoms. The third-order valence-electron chi connectivity index (χ3n) is 5.70. The zero-order chi connectivity index (χ0) is 18.1. The summed E-state index contributed by atoms with van der Waals surface area (Å²) in [6.45, 7) is 6.59. The van der Waals surface area contributed by atoms with E-state index in [1.165, 1.54) is 25.9 Å². The number of hydrogen-bond donors (Lipinski definition) is 1. The summed E-state index contributed by atoms with van der Waals surface area (Å²) in [6.07, 6.45) is 4.24. The van der Waals surface area contributed by atoms with Crippen LogP contribution in [0.25, 0.3) is 0 Å². The number of fused-ring (bicyclic) bond motifs is 3. The lowest BCUT2D eigenvalue weighted by atomic mass is 9.79. The maximum absolute atomic E-state index is 12.7. The van der Waals surface area contributed by atoms with Crippen LogP contribution in [0, 0.1) is 12.8 Å². The largest absolute Gasteiger partial charge is 0.347 e. The number of nitrogens with zero attached hydrogens (tertiary/aromatic N) is 2. The fourth-order valence-corrected chi connectivity index (χ4v) is 5.08. The van der Waals surface area contributed by atoms with Crippen molar-refractivity contribution in [1.82, 2.24) is 15.2 Å². The number of rotatable bonds is 4. The average molecular weight is 368 g/mol. The van der Waals surface area contributed by atoms with Gasteiger partial charge in [0.25, 0.3) is 5.91 Å². The number of piperidine rings is 3. The van der Waals surface area contributed by atoms with E-state index in [0.717, 1.165) is 21.0 Å². The molecule has 4 heterocycles. The highest BCUT2D eigenvalue weighted by Crippen LogP contribution is 2.32. The molecule has 4 nitrogen and oxygen atoms in total. The summed E-state index contributed by atoms with van der Waals surface area (Å²) in [6, 6.07) is 12.7. The van der Waals surface area contributed by atoms with Gasteiger partial charge in [-0.15, -0.1) is 0 Å². The fourth-order valence-electron chi connectivity index (χ4n) is 4.17. The highest BCUT2D eigenvalue weighted by atomic mass is 32.2. The van der Waals surface area contributed by atoms with Crippen LogP contribution in [0.3, 0.4) is 0 Å². The molecule has 3 aliphatic heterocycles. The van der Waals surface area contributed by atoms with Crippen LogP contribution in [0.2, 0.25) is 0 Å². The zero-order valence-electron chi connectivity index (χ0n) is 15.3. The Bertz CT molecular complexity index is 782. The van der Waals surface area contributed by atoms with Crippen LogP contribution < -0.4 is 5.32 Å². The Balaban J connectivity index is 1.41. The number of pyridine rings is 1. The summed E-state index contributed by atoms with van der Waals surface area (Å²) in [5, 5.41) is 3.30. The van der Waals surface area contributed by atoms with Gasteiger partial charge in [-0.25, -0.2) is 0 Å². The molecule has 2 atom stereocenters. The number of aryl methyl sites for hydroxylation is 1. The third-order valence-corrected chi connectivity index (χ3v) is 6.69. The molecule has 3 saturated heterocycles. The average Bonchev–Trinajstić information content (AvgIpc) is 2.65. The Labute approximate surface area is 159 Å². The minimum absolute atomic E-state index is 0.0481. The zero-order valence-corrected chi connectivity index (χ0v) is 16.1. The van der Waals surface area contributed by atoms with Crippen molar-refractivity contribution in [3.05, 3.63) is 53.9 Å². The Kier molecular flexibility index (Phi) is 5.00. The van der Waals surface area contributed by atoms with E-state index >= 15 is 0 Å². The van der Waals surface area contributed by atoms with Gasteiger partial charge in [0, 0.05) is 39.3 Å². The maximum Gasteiger partial charge on any atom is 0.251 e. The van der Waals surface area contributed by atoms with Crippen molar-refractivity contribution in [2.24, 2.45) is 5.92 Å². The van der Waals surface area contributed by atoms with Crippen molar-refractivity contribution in [3.8, 4) is 0 Å². The van der Waals surface area contributed by atoms with Crippen LogP contribution in [-0.4, -0.2) is 41.0 Å². The number of amides is 1. The highest BCUT2D eigenvalue weighted by molar-refractivity contribution is 7.99. The first-order chi connectivity index (χ1) is 12.6. The van der Waals surface area contributed by atoms with Crippen molar-refractivity contribution in [3.63, 3.8) is 0 Å². The molecular formula is C21H25N3OS. The van der Waals surface area contributed by atoms with Crippen molar-refractivity contribution >= 4 is 17.7 Å². The molecule has 136 valence electrons. The van der Waals surface area contributed by atoms with Gasteiger partial charge < -0.3 is 5.32 Å². The first kappa shape index (κ1) is 17.6. The Morgan fingerprint density at radius 3 is 2.54 bits per heavy atom. The molecule has 1 amide bonds. The molecule has 0 radical (unpaired) electrons. The van der Waals surface area contributed by atoms with E-state index in [4.69, 9.17) is 0 Å². The van der Waals surface area contributed by atoms with E-state index in [1.54, 1.807) is 11.8 Å². The Morgan fingerprint density at radius 2 is 1.88 bits per heavy atom. The van der Waals surface area contributed by atoms with Crippen LogP contribution in [-0.2, 0) is 0 Å². The van der Waals surface area contributed by atoms with Crippen LogP contribution >= 0.6 is 11.8 Å². The normalized spacial score (nSPS) is 27.3. The van der Waals surface area contributed by atoms with Gasteiger partial charge in [-0.1, -0.05) is 11.8 Å². The summed E-state index contributed by atoms with van der Waals surface area (Å²) in [4.78, 5) is 21.7. The van der Waals surface area contributed by atoms with E-state index in [-0.39, 0.29) is 11.9 Å². The minimum Gasteiger partial charge on any atom is -0.347 e. The fraction of sp³-hybridized carbons (Fsp3) is 0.429. The quantitative estimate of drug-likeness (QED) is 0.894. The van der Waals surface area contributed by atoms with Crippen LogP contribution in [0.5, 0.6) is 0 Å². The molecule has 1 aromatic heterocycles. The number of aromatic nitrogens is 1. The Hall–Kier alpha value is -1.85. The third kappa shape index (κ3) is 3.64. The molecular weight excluding hydrogens is 342 g/mol. The van der Waals surface area contributed by atoms with E-state index < -0.39 is 0 Å². The van der Waals surface area contributed by atoms with Gasteiger partial charge in [-0.05, 0) is 82.1 Å². The highest BCUT2D eigenvalue weighted by Gasteiger charge is 2.40.